The number of amides is 1. The Morgan fingerprint density at radius 3 is 2.37 bits per heavy atom. The number of benzene rings is 1. The molecule has 27 heavy (non-hydrogen) atoms. The van der Waals surface area contributed by atoms with Crippen molar-refractivity contribution in [2.24, 2.45) is 0 Å². The number of nitrogens with zero attached hydrogens (tertiary/aromatic N) is 2. The van der Waals surface area contributed by atoms with Crippen molar-refractivity contribution < 1.29 is 22.9 Å². The van der Waals surface area contributed by atoms with Crippen LogP contribution in [0.2, 0.25) is 0 Å². The Labute approximate surface area is 158 Å². The molecule has 1 aromatic carbocycles. The highest BCUT2D eigenvalue weighted by molar-refractivity contribution is 7.90. The highest BCUT2D eigenvalue weighted by Gasteiger charge is 2.28. The van der Waals surface area contributed by atoms with E-state index in [0.717, 1.165) is 12.3 Å². The molecule has 0 aliphatic carbocycles. The number of nitrogens with one attached hydrogen (secondary N) is 1. The highest BCUT2D eigenvalue weighted by Crippen LogP contribution is 2.29. The van der Waals surface area contributed by atoms with Gasteiger partial charge in [-0.15, -0.1) is 0 Å². The fraction of sp³-hybridized carbons (Fsp3) is 0.588. The molecule has 1 aliphatic heterocycles. The van der Waals surface area contributed by atoms with E-state index in [4.69, 9.17) is 4.74 Å². The van der Waals surface area contributed by atoms with Crippen molar-refractivity contribution in [3.05, 3.63) is 28.3 Å². The van der Waals surface area contributed by atoms with Crippen LogP contribution in [0.1, 0.15) is 33.6 Å². The monoisotopic (exact) mass is 399 g/mol. The number of hydrogen-bond acceptors (Lipinski definition) is 7. The smallest absolute Gasteiger partial charge is 0.410 e. The number of anilines is 1. The zero-order valence-electron chi connectivity index (χ0n) is 15.9. The Kier molecular flexibility index (Phi) is 5.98. The van der Waals surface area contributed by atoms with Gasteiger partial charge in [0, 0.05) is 31.5 Å². The molecule has 1 fully saturated rings. The van der Waals surface area contributed by atoms with E-state index in [9.17, 15) is 23.3 Å². The minimum absolute atomic E-state index is 0.0635. The van der Waals surface area contributed by atoms with Crippen molar-refractivity contribution in [3.8, 4) is 0 Å². The summed E-state index contributed by atoms with van der Waals surface area (Å²) in [6.07, 6.45) is 1.84. The number of hydrogen-bond donors (Lipinski definition) is 1. The number of ether oxygens (including phenoxy) is 1. The molecule has 1 saturated heterocycles. The second-order valence-corrected chi connectivity index (χ2v) is 9.61. The van der Waals surface area contributed by atoms with Gasteiger partial charge in [0.05, 0.1) is 9.82 Å². The first-order chi connectivity index (χ1) is 12.4. The van der Waals surface area contributed by atoms with E-state index in [1.807, 2.05) is 0 Å². The number of carbonyl (C=O) groups excluding carboxylic acids is 1. The van der Waals surface area contributed by atoms with Crippen LogP contribution in [0, 0.1) is 10.1 Å². The third kappa shape index (κ3) is 5.81. The van der Waals surface area contributed by atoms with Gasteiger partial charge in [-0.2, -0.15) is 0 Å². The standard InChI is InChI=1S/C17H25N3O6S/c1-17(2,3)26-16(21)19-9-7-12(8-10-19)18-14-6-5-13(27(4,24)25)11-15(14)20(22)23/h5-6,11-12,18H,7-10H2,1-4H3. The van der Waals surface area contributed by atoms with Gasteiger partial charge in [-0.05, 0) is 45.7 Å². The van der Waals surface area contributed by atoms with Gasteiger partial charge in [0.1, 0.15) is 11.3 Å². The van der Waals surface area contributed by atoms with Crippen LogP contribution in [0.4, 0.5) is 16.2 Å². The zero-order valence-corrected chi connectivity index (χ0v) is 16.7. The summed E-state index contributed by atoms with van der Waals surface area (Å²) < 4.78 is 28.6. The number of nitro groups is 1. The van der Waals surface area contributed by atoms with Crippen molar-refractivity contribution in [1.29, 1.82) is 0 Å². The first kappa shape index (κ1) is 20.9. The summed E-state index contributed by atoms with van der Waals surface area (Å²) in [6, 6.07) is 3.76. The third-order valence-corrected chi connectivity index (χ3v) is 5.21. The minimum Gasteiger partial charge on any atom is -0.444 e. The maximum Gasteiger partial charge on any atom is 0.410 e. The van der Waals surface area contributed by atoms with E-state index in [2.05, 4.69) is 5.32 Å². The molecule has 1 aromatic rings. The SMILES string of the molecule is CC(C)(C)OC(=O)N1CCC(Nc2ccc(S(C)(=O)=O)cc2[N+](=O)[O-])CC1. The van der Waals surface area contributed by atoms with Crippen molar-refractivity contribution >= 4 is 27.3 Å². The van der Waals surface area contributed by atoms with Crippen LogP contribution < -0.4 is 5.32 Å². The molecule has 0 radical (unpaired) electrons. The number of sulfone groups is 1. The van der Waals surface area contributed by atoms with Crippen molar-refractivity contribution in [1.82, 2.24) is 4.90 Å². The lowest BCUT2D eigenvalue weighted by Crippen LogP contribution is -2.44. The number of rotatable bonds is 4. The quantitative estimate of drug-likeness (QED) is 0.611. The van der Waals surface area contributed by atoms with Gasteiger partial charge in [-0.3, -0.25) is 10.1 Å². The van der Waals surface area contributed by atoms with Crippen LogP contribution in [0.3, 0.4) is 0 Å². The van der Waals surface area contributed by atoms with E-state index in [0.29, 0.717) is 25.9 Å². The Balaban J connectivity index is 2.05. The molecule has 0 bridgehead atoms. The molecule has 0 atom stereocenters. The lowest BCUT2D eigenvalue weighted by Gasteiger charge is -2.34. The van der Waals surface area contributed by atoms with E-state index in [1.54, 1.807) is 25.7 Å². The predicted octanol–water partition coefficient (Wildman–Crippen LogP) is 2.81. The average Bonchev–Trinajstić information content (AvgIpc) is 2.53. The summed E-state index contributed by atoms with van der Waals surface area (Å²) in [6.45, 7) is 6.36. The first-order valence-electron chi connectivity index (χ1n) is 8.60. The Morgan fingerprint density at radius 1 is 1.30 bits per heavy atom. The van der Waals surface area contributed by atoms with E-state index in [-0.39, 0.29) is 28.4 Å². The van der Waals surface area contributed by atoms with Gasteiger partial charge in [0.25, 0.3) is 5.69 Å². The van der Waals surface area contributed by atoms with E-state index in [1.165, 1.54) is 12.1 Å². The largest absolute Gasteiger partial charge is 0.444 e. The van der Waals surface area contributed by atoms with Gasteiger partial charge >= 0.3 is 6.09 Å². The maximum atomic E-state index is 12.1. The summed E-state index contributed by atoms with van der Waals surface area (Å²) in [4.78, 5) is 24.3. The number of piperidine rings is 1. The van der Waals surface area contributed by atoms with Crippen molar-refractivity contribution in [3.63, 3.8) is 0 Å². The lowest BCUT2D eigenvalue weighted by atomic mass is 10.0. The molecule has 1 amide bonds. The second-order valence-electron chi connectivity index (χ2n) is 7.59. The topological polar surface area (TPSA) is 119 Å². The normalized spacial score (nSPS) is 16.1. The maximum absolute atomic E-state index is 12.1. The minimum atomic E-state index is -3.53. The van der Waals surface area contributed by atoms with Crippen LogP contribution >= 0.6 is 0 Å². The first-order valence-corrected chi connectivity index (χ1v) is 10.5. The summed E-state index contributed by atoms with van der Waals surface area (Å²) >= 11 is 0. The molecule has 2 rings (SSSR count). The Morgan fingerprint density at radius 2 is 1.89 bits per heavy atom. The molecule has 1 heterocycles. The predicted molar refractivity (Wildman–Crippen MR) is 101 cm³/mol. The second kappa shape index (κ2) is 7.71. The summed E-state index contributed by atoms with van der Waals surface area (Å²) in [5, 5.41) is 14.4. The molecule has 10 heteroatoms. The van der Waals surface area contributed by atoms with Crippen molar-refractivity contribution in [2.75, 3.05) is 24.7 Å². The van der Waals surface area contributed by atoms with E-state index >= 15 is 0 Å². The highest BCUT2D eigenvalue weighted by atomic mass is 32.2. The van der Waals surface area contributed by atoms with Gasteiger partial charge in [0.15, 0.2) is 9.84 Å². The number of carbonyl (C=O) groups is 1. The van der Waals surface area contributed by atoms with Gasteiger partial charge in [0.2, 0.25) is 0 Å². The lowest BCUT2D eigenvalue weighted by molar-refractivity contribution is -0.384. The third-order valence-electron chi connectivity index (χ3n) is 4.10. The molecule has 0 aromatic heterocycles. The van der Waals surface area contributed by atoms with Crippen molar-refractivity contribution in [2.45, 2.75) is 50.2 Å². The van der Waals surface area contributed by atoms with Crippen LogP contribution in [0.25, 0.3) is 0 Å². The summed E-state index contributed by atoms with van der Waals surface area (Å²) in [5.74, 6) is 0. The molecular weight excluding hydrogens is 374 g/mol. The fourth-order valence-electron chi connectivity index (χ4n) is 2.77. The Hall–Kier alpha value is -2.36. The van der Waals surface area contributed by atoms with Gasteiger partial charge in [-0.1, -0.05) is 0 Å². The summed E-state index contributed by atoms with van der Waals surface area (Å²) in [5.41, 5.74) is -0.579. The molecule has 150 valence electrons. The van der Waals surface area contributed by atoms with Gasteiger partial charge < -0.3 is 15.0 Å². The molecule has 9 nitrogen and oxygen atoms in total. The molecule has 0 spiro atoms. The van der Waals surface area contributed by atoms with Crippen LogP contribution in [-0.4, -0.2) is 55.3 Å². The molecule has 1 N–H and O–H groups in total. The van der Waals surface area contributed by atoms with Crippen LogP contribution in [-0.2, 0) is 14.6 Å². The number of likely N-dealkylation sites (tertiary alicyclic amines) is 1. The molecule has 0 unspecified atom stereocenters. The molecular formula is C17H25N3O6S. The molecule has 0 saturated carbocycles. The van der Waals surface area contributed by atoms with Crippen LogP contribution in [0.15, 0.2) is 23.1 Å². The van der Waals surface area contributed by atoms with E-state index < -0.39 is 20.4 Å². The summed E-state index contributed by atoms with van der Waals surface area (Å²) in [7, 11) is -3.53. The molecule has 1 aliphatic rings. The van der Waals surface area contributed by atoms with Crippen LogP contribution in [0.5, 0.6) is 0 Å². The number of nitro benzene ring substituents is 1. The average molecular weight is 399 g/mol. The fourth-order valence-corrected chi connectivity index (χ4v) is 3.41. The zero-order chi connectivity index (χ0) is 20.4. The Bertz CT molecular complexity index is 824. The van der Waals surface area contributed by atoms with Gasteiger partial charge in [-0.25, -0.2) is 13.2 Å².